The molecule has 0 bridgehead atoms. The minimum atomic E-state index is -3.72. The number of para-hydroxylation sites is 2. The van der Waals surface area contributed by atoms with Crippen LogP contribution in [0, 0.1) is 0 Å². The first-order valence-electron chi connectivity index (χ1n) is 9.69. The van der Waals surface area contributed by atoms with Gasteiger partial charge in [-0.25, -0.2) is 17.4 Å². The zero-order valence-electron chi connectivity index (χ0n) is 15.9. The fourth-order valence-corrected chi connectivity index (χ4v) is 5.53. The van der Waals surface area contributed by atoms with Gasteiger partial charge >= 0.3 is 0 Å². The highest BCUT2D eigenvalue weighted by Gasteiger charge is 2.25. The first-order valence-corrected chi connectivity index (χ1v) is 11.1. The van der Waals surface area contributed by atoms with Crippen molar-refractivity contribution in [3.63, 3.8) is 0 Å². The number of rotatable bonds is 5. The van der Waals surface area contributed by atoms with E-state index in [4.69, 9.17) is 0 Å². The second-order valence-corrected chi connectivity index (χ2v) is 9.12. The van der Waals surface area contributed by atoms with E-state index in [2.05, 4.69) is 34.1 Å². The molecule has 4 aromatic rings. The van der Waals surface area contributed by atoms with Crippen LogP contribution >= 0.6 is 0 Å². The standard InChI is InChI=1S/C23H21N3O2S/c27-29(28,20-10-2-1-3-11-20)26-22-13-7-6-12-21(22)24-23(26)14-15-25-16-18-8-4-5-9-19(18)17-25/h1-13H,14-17H2. The predicted octanol–water partition coefficient (Wildman–Crippen LogP) is 3.83. The third-order valence-electron chi connectivity index (χ3n) is 5.42. The highest BCUT2D eigenvalue weighted by molar-refractivity contribution is 7.90. The molecule has 0 spiro atoms. The number of aromatic nitrogens is 2. The van der Waals surface area contributed by atoms with Crippen LogP contribution < -0.4 is 0 Å². The molecule has 29 heavy (non-hydrogen) atoms. The molecular weight excluding hydrogens is 382 g/mol. The van der Waals surface area contributed by atoms with Gasteiger partial charge in [0.25, 0.3) is 10.0 Å². The van der Waals surface area contributed by atoms with Gasteiger partial charge in [0.2, 0.25) is 0 Å². The molecule has 0 aliphatic carbocycles. The van der Waals surface area contributed by atoms with Crippen LogP contribution in [0.1, 0.15) is 17.0 Å². The van der Waals surface area contributed by atoms with Crippen LogP contribution in [-0.4, -0.2) is 28.8 Å². The molecule has 1 aromatic heterocycles. The second-order valence-electron chi connectivity index (χ2n) is 7.33. The van der Waals surface area contributed by atoms with Gasteiger partial charge in [0, 0.05) is 26.1 Å². The van der Waals surface area contributed by atoms with E-state index in [-0.39, 0.29) is 4.90 Å². The quantitative estimate of drug-likeness (QED) is 0.508. The van der Waals surface area contributed by atoms with Crippen LogP contribution in [0.25, 0.3) is 11.0 Å². The van der Waals surface area contributed by atoms with E-state index < -0.39 is 10.0 Å². The number of fused-ring (bicyclic) bond motifs is 2. The molecular formula is C23H21N3O2S. The minimum Gasteiger partial charge on any atom is -0.294 e. The Balaban J connectivity index is 1.49. The molecule has 2 heterocycles. The van der Waals surface area contributed by atoms with Crippen molar-refractivity contribution in [2.24, 2.45) is 0 Å². The highest BCUT2D eigenvalue weighted by Crippen LogP contribution is 2.25. The Morgan fingerprint density at radius 1 is 0.793 bits per heavy atom. The molecule has 6 heteroatoms. The molecule has 0 saturated carbocycles. The molecule has 5 nitrogen and oxygen atoms in total. The average molecular weight is 404 g/mol. The number of hydrogen-bond acceptors (Lipinski definition) is 4. The fraction of sp³-hybridized carbons (Fsp3) is 0.174. The Bertz CT molecular complexity index is 1250. The summed E-state index contributed by atoms with van der Waals surface area (Å²) in [7, 11) is -3.72. The van der Waals surface area contributed by atoms with E-state index in [0.29, 0.717) is 23.3 Å². The van der Waals surface area contributed by atoms with Gasteiger partial charge in [-0.1, -0.05) is 54.6 Å². The monoisotopic (exact) mass is 403 g/mol. The van der Waals surface area contributed by atoms with Crippen molar-refractivity contribution in [2.75, 3.05) is 6.54 Å². The van der Waals surface area contributed by atoms with E-state index in [1.807, 2.05) is 30.3 Å². The maximum absolute atomic E-state index is 13.4. The first-order chi connectivity index (χ1) is 14.1. The van der Waals surface area contributed by atoms with Crippen molar-refractivity contribution in [1.82, 2.24) is 13.9 Å². The summed E-state index contributed by atoms with van der Waals surface area (Å²) in [5.74, 6) is 0.575. The van der Waals surface area contributed by atoms with Crippen LogP contribution in [0.4, 0.5) is 0 Å². The van der Waals surface area contributed by atoms with Crippen LogP contribution in [0.2, 0.25) is 0 Å². The van der Waals surface area contributed by atoms with Gasteiger partial charge in [0.05, 0.1) is 15.9 Å². The number of imidazole rings is 1. The van der Waals surface area contributed by atoms with Gasteiger partial charge in [-0.3, -0.25) is 4.90 Å². The molecule has 0 fully saturated rings. The number of nitrogens with zero attached hydrogens (tertiary/aromatic N) is 3. The Morgan fingerprint density at radius 3 is 2.14 bits per heavy atom. The summed E-state index contributed by atoms with van der Waals surface area (Å²) in [6.07, 6.45) is 0.564. The van der Waals surface area contributed by atoms with Gasteiger partial charge in [-0.15, -0.1) is 0 Å². The molecule has 0 atom stereocenters. The lowest BCUT2D eigenvalue weighted by Gasteiger charge is -2.15. The summed E-state index contributed by atoms with van der Waals surface area (Å²) in [6, 6.07) is 24.4. The highest BCUT2D eigenvalue weighted by atomic mass is 32.2. The van der Waals surface area contributed by atoms with Crippen LogP contribution in [0.15, 0.2) is 83.8 Å². The maximum Gasteiger partial charge on any atom is 0.269 e. The van der Waals surface area contributed by atoms with Crippen LogP contribution in [0.3, 0.4) is 0 Å². The molecule has 0 unspecified atom stereocenters. The Hall–Kier alpha value is -2.96. The predicted molar refractivity (Wildman–Crippen MR) is 113 cm³/mol. The molecule has 1 aliphatic heterocycles. The first kappa shape index (κ1) is 18.1. The zero-order chi connectivity index (χ0) is 19.8. The van der Waals surface area contributed by atoms with E-state index in [1.54, 1.807) is 24.3 Å². The molecule has 146 valence electrons. The van der Waals surface area contributed by atoms with Crippen molar-refractivity contribution >= 4 is 21.1 Å². The largest absolute Gasteiger partial charge is 0.294 e. The minimum absolute atomic E-state index is 0.276. The van der Waals surface area contributed by atoms with Crippen molar-refractivity contribution < 1.29 is 8.42 Å². The van der Waals surface area contributed by atoms with Gasteiger partial charge < -0.3 is 0 Å². The SMILES string of the molecule is O=S(=O)(c1ccccc1)n1c(CCN2Cc3ccccc3C2)nc2ccccc21. The number of benzene rings is 3. The summed E-state index contributed by atoms with van der Waals surface area (Å²) in [5.41, 5.74) is 4.01. The van der Waals surface area contributed by atoms with E-state index >= 15 is 0 Å². The third-order valence-corrected chi connectivity index (χ3v) is 7.18. The smallest absolute Gasteiger partial charge is 0.269 e. The zero-order valence-corrected chi connectivity index (χ0v) is 16.7. The molecule has 5 rings (SSSR count). The fourth-order valence-electron chi connectivity index (χ4n) is 4.00. The third kappa shape index (κ3) is 3.24. The average Bonchev–Trinajstić information content (AvgIpc) is 3.33. The second kappa shape index (κ2) is 7.13. The molecule has 0 N–H and O–H groups in total. The van der Waals surface area contributed by atoms with Crippen molar-refractivity contribution in [3.05, 3.63) is 95.8 Å². The molecule has 0 amide bonds. The Morgan fingerprint density at radius 2 is 1.41 bits per heavy atom. The van der Waals surface area contributed by atoms with Gasteiger partial charge in [0.1, 0.15) is 5.82 Å². The van der Waals surface area contributed by atoms with Gasteiger partial charge in [-0.2, -0.15) is 0 Å². The normalized spacial score (nSPS) is 14.3. The maximum atomic E-state index is 13.4. The Labute approximate surface area is 170 Å². The van der Waals surface area contributed by atoms with E-state index in [1.165, 1.54) is 15.1 Å². The lowest BCUT2D eigenvalue weighted by molar-refractivity contribution is 0.286. The van der Waals surface area contributed by atoms with Crippen LogP contribution in [-0.2, 0) is 29.5 Å². The summed E-state index contributed by atoms with van der Waals surface area (Å²) in [6.45, 7) is 2.53. The van der Waals surface area contributed by atoms with Crippen LogP contribution in [0.5, 0.6) is 0 Å². The topological polar surface area (TPSA) is 55.2 Å². The van der Waals surface area contributed by atoms with Gasteiger partial charge in [0.15, 0.2) is 0 Å². The van der Waals surface area contributed by atoms with Crippen molar-refractivity contribution in [3.8, 4) is 0 Å². The van der Waals surface area contributed by atoms with Crippen molar-refractivity contribution in [2.45, 2.75) is 24.4 Å². The molecule has 3 aromatic carbocycles. The van der Waals surface area contributed by atoms with Gasteiger partial charge in [-0.05, 0) is 35.4 Å². The molecule has 1 aliphatic rings. The summed E-state index contributed by atoms with van der Waals surface area (Å²) >= 11 is 0. The summed E-state index contributed by atoms with van der Waals surface area (Å²) in [5, 5.41) is 0. The number of hydrogen-bond donors (Lipinski definition) is 0. The lowest BCUT2D eigenvalue weighted by Crippen LogP contribution is -2.23. The lowest BCUT2D eigenvalue weighted by atomic mass is 10.1. The van der Waals surface area contributed by atoms with E-state index in [0.717, 1.165) is 19.6 Å². The van der Waals surface area contributed by atoms with Crippen molar-refractivity contribution in [1.29, 1.82) is 0 Å². The summed E-state index contributed by atoms with van der Waals surface area (Å²) < 4.78 is 28.2. The summed E-state index contributed by atoms with van der Waals surface area (Å²) in [4.78, 5) is 7.28. The molecule has 0 saturated heterocycles. The van der Waals surface area contributed by atoms with E-state index in [9.17, 15) is 8.42 Å². The Kier molecular flexibility index (Phi) is 4.45. The molecule has 0 radical (unpaired) electrons.